The van der Waals surface area contributed by atoms with Crippen molar-refractivity contribution in [3.05, 3.63) is 33.4 Å². The molecule has 0 radical (unpaired) electrons. The summed E-state index contributed by atoms with van der Waals surface area (Å²) < 4.78 is 10.9. The first-order valence-electron chi connectivity index (χ1n) is 11.3. The maximum Gasteiger partial charge on any atom is 0.0594 e. The number of nitrogens with zero attached hydrogens (tertiary/aromatic N) is 2. The van der Waals surface area contributed by atoms with Crippen LogP contribution < -0.4 is 0 Å². The minimum atomic E-state index is 0.898. The molecule has 3 rings (SSSR count). The van der Waals surface area contributed by atoms with Crippen molar-refractivity contribution in [1.82, 2.24) is 9.80 Å². The zero-order valence-corrected chi connectivity index (χ0v) is 18.6. The maximum absolute atomic E-state index is 5.47. The molecule has 4 nitrogen and oxygen atoms in total. The van der Waals surface area contributed by atoms with E-state index in [1.165, 1.54) is 61.0 Å². The first-order chi connectivity index (χ1) is 13.6. The molecule has 4 heteroatoms. The molecule has 0 atom stereocenters. The van der Waals surface area contributed by atoms with Gasteiger partial charge in [0, 0.05) is 26.2 Å². The van der Waals surface area contributed by atoms with E-state index in [1.54, 1.807) is 11.1 Å². The molecule has 2 aliphatic heterocycles. The summed E-state index contributed by atoms with van der Waals surface area (Å²) in [5.74, 6) is 0. The van der Waals surface area contributed by atoms with Crippen LogP contribution in [0.15, 0.2) is 0 Å². The third-order valence-electron chi connectivity index (χ3n) is 6.95. The van der Waals surface area contributed by atoms with Gasteiger partial charge in [-0.3, -0.25) is 9.80 Å². The number of ether oxygens (including phenoxy) is 2. The van der Waals surface area contributed by atoms with E-state index >= 15 is 0 Å². The van der Waals surface area contributed by atoms with Crippen LogP contribution in [0.3, 0.4) is 0 Å². The zero-order chi connectivity index (χ0) is 19.9. The summed E-state index contributed by atoms with van der Waals surface area (Å²) in [6, 6.07) is 0. The Morgan fingerprint density at radius 2 is 0.893 bits per heavy atom. The quantitative estimate of drug-likeness (QED) is 0.681. The average molecular weight is 389 g/mol. The average Bonchev–Trinajstić information content (AvgIpc) is 2.73. The summed E-state index contributed by atoms with van der Waals surface area (Å²) in [6.07, 6.45) is 4.89. The molecule has 158 valence electrons. The minimum absolute atomic E-state index is 0.898. The molecule has 28 heavy (non-hydrogen) atoms. The van der Waals surface area contributed by atoms with Gasteiger partial charge in [-0.05, 0) is 99.8 Å². The lowest BCUT2D eigenvalue weighted by molar-refractivity contribution is 0.0374. The van der Waals surface area contributed by atoms with Crippen LogP contribution in [0.2, 0.25) is 0 Å². The number of benzene rings is 1. The van der Waals surface area contributed by atoms with Gasteiger partial charge in [-0.25, -0.2) is 0 Å². The number of morpholine rings is 2. The summed E-state index contributed by atoms with van der Waals surface area (Å²) in [7, 11) is 0. The van der Waals surface area contributed by atoms with Crippen molar-refractivity contribution in [2.75, 3.05) is 65.7 Å². The molecule has 0 aliphatic carbocycles. The van der Waals surface area contributed by atoms with Gasteiger partial charge >= 0.3 is 0 Å². The zero-order valence-electron chi connectivity index (χ0n) is 18.6. The Morgan fingerprint density at radius 3 is 1.21 bits per heavy atom. The van der Waals surface area contributed by atoms with Gasteiger partial charge in [0.15, 0.2) is 0 Å². The lowest BCUT2D eigenvalue weighted by Gasteiger charge is -2.27. The predicted octanol–water partition coefficient (Wildman–Crippen LogP) is 3.45. The molecule has 0 bridgehead atoms. The first-order valence-corrected chi connectivity index (χ1v) is 11.3. The molecule has 0 N–H and O–H groups in total. The van der Waals surface area contributed by atoms with Crippen LogP contribution >= 0.6 is 0 Å². The monoisotopic (exact) mass is 388 g/mol. The van der Waals surface area contributed by atoms with E-state index in [9.17, 15) is 0 Å². The van der Waals surface area contributed by atoms with Crippen LogP contribution in [0.4, 0.5) is 0 Å². The second-order valence-electron chi connectivity index (χ2n) is 8.57. The van der Waals surface area contributed by atoms with Crippen molar-refractivity contribution >= 4 is 0 Å². The van der Waals surface area contributed by atoms with Crippen LogP contribution in [-0.4, -0.2) is 75.5 Å². The van der Waals surface area contributed by atoms with Crippen LogP contribution in [0, 0.1) is 27.7 Å². The van der Waals surface area contributed by atoms with E-state index in [1.807, 2.05) is 0 Å². The van der Waals surface area contributed by atoms with Gasteiger partial charge in [0.2, 0.25) is 0 Å². The van der Waals surface area contributed by atoms with Crippen LogP contribution in [0.25, 0.3) is 0 Å². The van der Waals surface area contributed by atoms with E-state index < -0.39 is 0 Å². The maximum atomic E-state index is 5.47. The van der Waals surface area contributed by atoms with Crippen molar-refractivity contribution in [3.63, 3.8) is 0 Å². The molecular weight excluding hydrogens is 348 g/mol. The first kappa shape index (κ1) is 21.8. The Balaban J connectivity index is 1.58. The Labute approximate surface area is 172 Å². The van der Waals surface area contributed by atoms with Gasteiger partial charge < -0.3 is 9.47 Å². The molecule has 2 fully saturated rings. The summed E-state index contributed by atoms with van der Waals surface area (Å²) in [5.41, 5.74) is 9.33. The summed E-state index contributed by atoms with van der Waals surface area (Å²) >= 11 is 0. The third kappa shape index (κ3) is 5.56. The van der Waals surface area contributed by atoms with E-state index in [-0.39, 0.29) is 0 Å². The normalized spacial score (nSPS) is 19.3. The minimum Gasteiger partial charge on any atom is -0.379 e. The summed E-state index contributed by atoms with van der Waals surface area (Å²) in [5, 5.41) is 0. The van der Waals surface area contributed by atoms with Crippen LogP contribution in [-0.2, 0) is 22.3 Å². The Hall–Kier alpha value is -0.940. The van der Waals surface area contributed by atoms with Gasteiger partial charge in [0.05, 0.1) is 26.4 Å². The molecule has 1 aromatic carbocycles. The highest BCUT2D eigenvalue weighted by Crippen LogP contribution is 2.28. The van der Waals surface area contributed by atoms with Crippen molar-refractivity contribution in [2.45, 2.75) is 53.4 Å². The molecule has 0 spiro atoms. The molecule has 0 unspecified atom stereocenters. The molecule has 2 heterocycles. The fourth-order valence-electron chi connectivity index (χ4n) is 4.83. The fourth-order valence-corrected chi connectivity index (χ4v) is 4.83. The number of rotatable bonds is 8. The third-order valence-corrected chi connectivity index (χ3v) is 6.95. The van der Waals surface area contributed by atoms with Crippen molar-refractivity contribution in [3.8, 4) is 0 Å². The highest BCUT2D eigenvalue weighted by atomic mass is 16.5. The summed E-state index contributed by atoms with van der Waals surface area (Å²) in [4.78, 5) is 5.10. The topological polar surface area (TPSA) is 24.9 Å². The summed E-state index contributed by atoms with van der Waals surface area (Å²) in [6.45, 7) is 19.7. The molecule has 0 saturated carbocycles. The van der Waals surface area contributed by atoms with Crippen molar-refractivity contribution in [1.29, 1.82) is 0 Å². The molecule has 0 amide bonds. The van der Waals surface area contributed by atoms with E-state index in [0.29, 0.717) is 0 Å². The van der Waals surface area contributed by atoms with E-state index in [0.717, 1.165) is 52.6 Å². The Kier molecular flexibility index (Phi) is 8.34. The molecule has 1 aromatic rings. The second-order valence-corrected chi connectivity index (χ2v) is 8.57. The van der Waals surface area contributed by atoms with Crippen LogP contribution in [0.5, 0.6) is 0 Å². The van der Waals surface area contributed by atoms with E-state index in [4.69, 9.17) is 9.47 Å². The molecule has 0 aromatic heterocycles. The smallest absolute Gasteiger partial charge is 0.0594 e. The van der Waals surface area contributed by atoms with Crippen LogP contribution in [0.1, 0.15) is 46.2 Å². The fraction of sp³-hybridized carbons (Fsp3) is 0.750. The standard InChI is InChI=1S/C24H40N2O2/c1-19-20(2)24(8-6-10-26-13-17-28-18-14-26)22(4)21(3)23(19)7-5-9-25-11-15-27-16-12-25/h5-18H2,1-4H3. The lowest BCUT2D eigenvalue weighted by Crippen LogP contribution is -2.37. The second kappa shape index (κ2) is 10.7. The van der Waals surface area contributed by atoms with Gasteiger partial charge in [-0.2, -0.15) is 0 Å². The highest BCUT2D eigenvalue weighted by Gasteiger charge is 2.16. The van der Waals surface area contributed by atoms with Gasteiger partial charge in [0.1, 0.15) is 0 Å². The molecule has 2 saturated heterocycles. The SMILES string of the molecule is Cc1c(C)c(CCCN2CCOCC2)c(C)c(C)c1CCCN1CCOCC1. The lowest BCUT2D eigenvalue weighted by atomic mass is 9.85. The predicted molar refractivity (Wildman–Crippen MR) is 117 cm³/mol. The number of hydrogen-bond donors (Lipinski definition) is 0. The Morgan fingerprint density at radius 1 is 0.571 bits per heavy atom. The van der Waals surface area contributed by atoms with Gasteiger partial charge in [-0.15, -0.1) is 0 Å². The molecule has 2 aliphatic rings. The molecular formula is C24H40N2O2. The largest absolute Gasteiger partial charge is 0.379 e. The Bertz CT molecular complexity index is 548. The highest BCUT2D eigenvalue weighted by molar-refractivity contribution is 5.50. The van der Waals surface area contributed by atoms with Crippen molar-refractivity contribution < 1.29 is 9.47 Å². The van der Waals surface area contributed by atoms with E-state index in [2.05, 4.69) is 37.5 Å². The van der Waals surface area contributed by atoms with Gasteiger partial charge in [0.25, 0.3) is 0 Å². The number of hydrogen-bond acceptors (Lipinski definition) is 4. The van der Waals surface area contributed by atoms with Crippen molar-refractivity contribution in [2.24, 2.45) is 0 Å². The van der Waals surface area contributed by atoms with Gasteiger partial charge in [-0.1, -0.05) is 0 Å².